The normalized spacial score (nSPS) is 16.9. The number of para-hydroxylation sites is 2. The second-order valence-electron chi connectivity index (χ2n) is 5.31. The minimum atomic E-state index is 0.518. The number of fused-ring (bicyclic) bond motifs is 1. The SMILES string of the molecule is COc1ccccc1CNCC1CCOc2ccccc21. The van der Waals surface area contributed by atoms with Crippen LogP contribution in [-0.2, 0) is 6.54 Å². The summed E-state index contributed by atoms with van der Waals surface area (Å²) >= 11 is 0. The zero-order valence-corrected chi connectivity index (χ0v) is 12.3. The number of nitrogens with one attached hydrogen (secondary N) is 1. The van der Waals surface area contributed by atoms with Crippen LogP contribution in [0.15, 0.2) is 48.5 Å². The first-order valence-corrected chi connectivity index (χ1v) is 7.43. The van der Waals surface area contributed by atoms with Gasteiger partial charge in [0.25, 0.3) is 0 Å². The van der Waals surface area contributed by atoms with Crippen LogP contribution in [0.25, 0.3) is 0 Å². The van der Waals surface area contributed by atoms with E-state index in [1.54, 1.807) is 7.11 Å². The van der Waals surface area contributed by atoms with E-state index in [9.17, 15) is 0 Å². The summed E-state index contributed by atoms with van der Waals surface area (Å²) in [5, 5.41) is 3.55. The molecule has 2 aromatic rings. The number of methoxy groups -OCH3 is 1. The maximum Gasteiger partial charge on any atom is 0.123 e. The molecule has 1 unspecified atom stereocenters. The van der Waals surface area contributed by atoms with Gasteiger partial charge in [0.1, 0.15) is 11.5 Å². The Morgan fingerprint density at radius 1 is 1.14 bits per heavy atom. The lowest BCUT2D eigenvalue weighted by molar-refractivity contribution is 0.264. The number of benzene rings is 2. The molecule has 1 N–H and O–H groups in total. The smallest absolute Gasteiger partial charge is 0.123 e. The lowest BCUT2D eigenvalue weighted by Crippen LogP contribution is -2.25. The molecule has 2 aromatic carbocycles. The summed E-state index contributed by atoms with van der Waals surface area (Å²) in [4.78, 5) is 0. The molecule has 0 saturated heterocycles. The zero-order chi connectivity index (χ0) is 14.5. The third kappa shape index (κ3) is 3.19. The molecule has 0 aromatic heterocycles. The van der Waals surface area contributed by atoms with Crippen LogP contribution >= 0.6 is 0 Å². The Bertz CT molecular complexity index is 597. The van der Waals surface area contributed by atoms with Gasteiger partial charge in [0, 0.05) is 24.6 Å². The van der Waals surface area contributed by atoms with E-state index in [1.807, 2.05) is 24.3 Å². The third-order valence-corrected chi connectivity index (χ3v) is 3.98. The molecule has 110 valence electrons. The third-order valence-electron chi connectivity index (χ3n) is 3.98. The van der Waals surface area contributed by atoms with Gasteiger partial charge in [-0.2, -0.15) is 0 Å². The minimum absolute atomic E-state index is 0.518. The summed E-state index contributed by atoms with van der Waals surface area (Å²) in [6.45, 7) is 2.58. The molecular weight excluding hydrogens is 262 g/mol. The van der Waals surface area contributed by atoms with Gasteiger partial charge in [-0.05, 0) is 24.1 Å². The van der Waals surface area contributed by atoms with Gasteiger partial charge in [-0.25, -0.2) is 0 Å². The molecule has 1 atom stereocenters. The van der Waals surface area contributed by atoms with Crippen molar-refractivity contribution in [1.29, 1.82) is 0 Å². The Hall–Kier alpha value is -2.00. The highest BCUT2D eigenvalue weighted by atomic mass is 16.5. The second kappa shape index (κ2) is 6.64. The van der Waals surface area contributed by atoms with E-state index < -0.39 is 0 Å². The molecule has 21 heavy (non-hydrogen) atoms. The van der Waals surface area contributed by atoms with Crippen LogP contribution in [-0.4, -0.2) is 20.3 Å². The van der Waals surface area contributed by atoms with Gasteiger partial charge >= 0.3 is 0 Å². The predicted octanol–water partition coefficient (Wildman–Crippen LogP) is 3.35. The quantitative estimate of drug-likeness (QED) is 0.913. The Labute approximate surface area is 125 Å². The monoisotopic (exact) mass is 283 g/mol. The van der Waals surface area contributed by atoms with Crippen molar-refractivity contribution in [2.75, 3.05) is 20.3 Å². The highest BCUT2D eigenvalue weighted by Crippen LogP contribution is 2.32. The highest BCUT2D eigenvalue weighted by Gasteiger charge is 2.20. The fourth-order valence-electron chi connectivity index (χ4n) is 2.86. The summed E-state index contributed by atoms with van der Waals surface area (Å²) < 4.78 is 11.1. The van der Waals surface area contributed by atoms with E-state index in [1.165, 1.54) is 11.1 Å². The van der Waals surface area contributed by atoms with Crippen molar-refractivity contribution >= 4 is 0 Å². The Balaban J connectivity index is 1.61. The number of hydrogen-bond donors (Lipinski definition) is 1. The van der Waals surface area contributed by atoms with E-state index in [0.29, 0.717) is 5.92 Å². The molecule has 0 aliphatic carbocycles. The van der Waals surface area contributed by atoms with Gasteiger partial charge in [0.15, 0.2) is 0 Å². The van der Waals surface area contributed by atoms with E-state index >= 15 is 0 Å². The topological polar surface area (TPSA) is 30.5 Å². The lowest BCUT2D eigenvalue weighted by Gasteiger charge is -2.26. The van der Waals surface area contributed by atoms with Crippen molar-refractivity contribution in [2.45, 2.75) is 18.9 Å². The maximum atomic E-state index is 5.71. The van der Waals surface area contributed by atoms with Crippen molar-refractivity contribution < 1.29 is 9.47 Å². The van der Waals surface area contributed by atoms with Crippen LogP contribution in [0.4, 0.5) is 0 Å². The zero-order valence-electron chi connectivity index (χ0n) is 12.3. The first-order valence-electron chi connectivity index (χ1n) is 7.43. The summed E-state index contributed by atoms with van der Waals surface area (Å²) in [7, 11) is 1.72. The molecule has 3 heteroatoms. The van der Waals surface area contributed by atoms with Crippen LogP contribution in [0.5, 0.6) is 11.5 Å². The van der Waals surface area contributed by atoms with Gasteiger partial charge in [-0.1, -0.05) is 36.4 Å². The first kappa shape index (κ1) is 14.0. The molecule has 0 bridgehead atoms. The first-order chi connectivity index (χ1) is 10.4. The molecule has 0 saturated carbocycles. The van der Waals surface area contributed by atoms with Crippen molar-refractivity contribution in [3.05, 3.63) is 59.7 Å². The fourth-order valence-corrected chi connectivity index (χ4v) is 2.86. The van der Waals surface area contributed by atoms with Crippen LogP contribution in [0, 0.1) is 0 Å². The average Bonchev–Trinajstić information content (AvgIpc) is 2.55. The summed E-state index contributed by atoms with van der Waals surface area (Å²) in [5.41, 5.74) is 2.51. The van der Waals surface area contributed by atoms with Crippen LogP contribution in [0.1, 0.15) is 23.5 Å². The van der Waals surface area contributed by atoms with Crippen molar-refractivity contribution in [1.82, 2.24) is 5.32 Å². The van der Waals surface area contributed by atoms with Crippen molar-refractivity contribution in [3.63, 3.8) is 0 Å². The van der Waals surface area contributed by atoms with Crippen LogP contribution in [0.2, 0.25) is 0 Å². The second-order valence-corrected chi connectivity index (χ2v) is 5.31. The van der Waals surface area contributed by atoms with E-state index in [-0.39, 0.29) is 0 Å². The molecular formula is C18H21NO2. The Kier molecular flexibility index (Phi) is 4.41. The molecule has 0 fully saturated rings. The predicted molar refractivity (Wildman–Crippen MR) is 84.0 cm³/mol. The number of hydrogen-bond acceptors (Lipinski definition) is 3. The summed E-state index contributed by atoms with van der Waals surface area (Å²) in [6, 6.07) is 16.5. The van der Waals surface area contributed by atoms with Gasteiger partial charge < -0.3 is 14.8 Å². The number of rotatable bonds is 5. The Morgan fingerprint density at radius 2 is 1.95 bits per heavy atom. The maximum absolute atomic E-state index is 5.71. The molecule has 0 radical (unpaired) electrons. The molecule has 3 nitrogen and oxygen atoms in total. The molecule has 0 spiro atoms. The Morgan fingerprint density at radius 3 is 2.86 bits per heavy atom. The van der Waals surface area contributed by atoms with Gasteiger partial charge in [-0.3, -0.25) is 0 Å². The van der Waals surface area contributed by atoms with E-state index in [2.05, 4.69) is 29.6 Å². The van der Waals surface area contributed by atoms with Gasteiger partial charge in [0.05, 0.1) is 13.7 Å². The molecule has 1 aliphatic rings. The molecule has 3 rings (SSSR count). The largest absolute Gasteiger partial charge is 0.496 e. The van der Waals surface area contributed by atoms with E-state index in [0.717, 1.165) is 37.6 Å². The molecule has 1 aliphatic heterocycles. The fraction of sp³-hybridized carbons (Fsp3) is 0.333. The lowest BCUT2D eigenvalue weighted by atomic mass is 9.93. The number of ether oxygens (including phenoxy) is 2. The van der Waals surface area contributed by atoms with Crippen molar-refractivity contribution in [3.8, 4) is 11.5 Å². The van der Waals surface area contributed by atoms with Gasteiger partial charge in [0.2, 0.25) is 0 Å². The highest BCUT2D eigenvalue weighted by molar-refractivity contribution is 5.38. The standard InChI is InChI=1S/C18H21NO2/c1-20-17-8-4-2-6-15(17)13-19-12-14-10-11-21-18-9-5-3-7-16(14)18/h2-9,14,19H,10-13H2,1H3. The minimum Gasteiger partial charge on any atom is -0.496 e. The van der Waals surface area contributed by atoms with Crippen molar-refractivity contribution in [2.24, 2.45) is 0 Å². The van der Waals surface area contributed by atoms with Crippen LogP contribution in [0.3, 0.4) is 0 Å². The summed E-state index contributed by atoms with van der Waals surface area (Å²) in [5.74, 6) is 2.50. The van der Waals surface area contributed by atoms with Crippen LogP contribution < -0.4 is 14.8 Å². The average molecular weight is 283 g/mol. The van der Waals surface area contributed by atoms with Gasteiger partial charge in [-0.15, -0.1) is 0 Å². The molecule has 0 amide bonds. The molecule has 1 heterocycles. The van der Waals surface area contributed by atoms with E-state index in [4.69, 9.17) is 9.47 Å². The summed E-state index contributed by atoms with van der Waals surface area (Å²) in [6.07, 6.45) is 1.07.